The van der Waals surface area contributed by atoms with Crippen molar-refractivity contribution in [1.82, 2.24) is 25.1 Å². The summed E-state index contributed by atoms with van der Waals surface area (Å²) in [6.07, 6.45) is 6.71. The average molecular weight is 489 g/mol. The van der Waals surface area contributed by atoms with E-state index >= 15 is 0 Å². The number of hydrogen-bond donors (Lipinski definition) is 5. The Kier molecular flexibility index (Phi) is 6.50. The third-order valence-electron chi connectivity index (χ3n) is 5.37. The van der Waals surface area contributed by atoms with E-state index in [0.717, 1.165) is 18.9 Å². The first-order valence-electron chi connectivity index (χ1n) is 10.4. The van der Waals surface area contributed by atoms with Crippen molar-refractivity contribution in [2.75, 3.05) is 10.6 Å². The fourth-order valence-corrected chi connectivity index (χ4v) is 3.76. The average Bonchev–Trinajstić information content (AvgIpc) is 3.52. The molecule has 0 radical (unpaired) electrons. The zero-order chi connectivity index (χ0) is 24.4. The number of halogens is 2. The van der Waals surface area contributed by atoms with Crippen molar-refractivity contribution in [3.8, 4) is 5.69 Å². The molecule has 3 aromatic rings. The molecule has 1 aliphatic carbocycles. The number of carbonyl (C=O) groups is 2. The van der Waals surface area contributed by atoms with Crippen molar-refractivity contribution in [3.63, 3.8) is 0 Å². The predicted octanol–water partition coefficient (Wildman–Crippen LogP) is 3.14. The van der Waals surface area contributed by atoms with Gasteiger partial charge in [-0.15, -0.1) is 0 Å². The Bertz CT molecular complexity index is 1230. The lowest BCUT2D eigenvalue weighted by molar-refractivity contribution is 0.1000. The maximum Gasteiger partial charge on any atom is 0.404 e. The largest absolute Gasteiger partial charge is 0.465 e. The van der Waals surface area contributed by atoms with Crippen LogP contribution < -0.4 is 21.7 Å². The van der Waals surface area contributed by atoms with Crippen LogP contribution in [0.2, 0.25) is 5.02 Å². The Morgan fingerprint density at radius 1 is 1.26 bits per heavy atom. The Morgan fingerprint density at radius 3 is 2.65 bits per heavy atom. The summed E-state index contributed by atoms with van der Waals surface area (Å²) in [6, 6.07) is 1.79. The first kappa shape index (κ1) is 23.2. The van der Waals surface area contributed by atoms with Gasteiger partial charge in [0.05, 0.1) is 46.6 Å². The van der Waals surface area contributed by atoms with E-state index in [4.69, 9.17) is 22.4 Å². The second-order valence-corrected chi connectivity index (χ2v) is 8.42. The van der Waals surface area contributed by atoms with E-state index in [1.807, 2.05) is 0 Å². The second kappa shape index (κ2) is 9.51. The van der Waals surface area contributed by atoms with Crippen molar-refractivity contribution < 1.29 is 19.1 Å². The Hall–Kier alpha value is -3.93. The molecule has 0 saturated heterocycles. The van der Waals surface area contributed by atoms with Crippen LogP contribution in [0.15, 0.2) is 36.9 Å². The van der Waals surface area contributed by atoms with Crippen LogP contribution in [0.3, 0.4) is 0 Å². The summed E-state index contributed by atoms with van der Waals surface area (Å²) >= 11 is 5.93. The molecule has 6 N–H and O–H groups in total. The van der Waals surface area contributed by atoms with Crippen LogP contribution in [0.4, 0.5) is 26.5 Å². The van der Waals surface area contributed by atoms with E-state index in [1.165, 1.54) is 17.1 Å². The van der Waals surface area contributed by atoms with Gasteiger partial charge in [0.2, 0.25) is 0 Å². The fourth-order valence-electron chi connectivity index (χ4n) is 3.62. The van der Waals surface area contributed by atoms with Crippen LogP contribution in [0.1, 0.15) is 30.1 Å². The van der Waals surface area contributed by atoms with Gasteiger partial charge in [-0.05, 0) is 37.8 Å². The number of primary amides is 1. The molecule has 0 aromatic carbocycles. The molecule has 34 heavy (non-hydrogen) atoms. The number of rotatable bonds is 9. The summed E-state index contributed by atoms with van der Waals surface area (Å²) in [6.45, 7) is 1.69. The van der Waals surface area contributed by atoms with Gasteiger partial charge < -0.3 is 26.8 Å². The van der Waals surface area contributed by atoms with Gasteiger partial charge in [-0.1, -0.05) is 11.6 Å². The zero-order valence-corrected chi connectivity index (χ0v) is 18.8. The van der Waals surface area contributed by atoms with Gasteiger partial charge in [0, 0.05) is 12.2 Å². The SMILES string of the molecule is C[C@H](NC(=O)O)[C@@H](Nc1nc(Nc2cncc(-n3cc(Cl)cn3)c2)c(C(N)=O)cc1F)C1CC1. The molecular formula is C21H22ClFN8O3. The lowest BCUT2D eigenvalue weighted by atomic mass is 10.0. The summed E-state index contributed by atoms with van der Waals surface area (Å²) in [4.78, 5) is 31.5. The number of anilines is 3. The Balaban J connectivity index is 1.64. The molecule has 0 spiro atoms. The number of amides is 2. The summed E-state index contributed by atoms with van der Waals surface area (Å²) in [5, 5.41) is 22.0. The summed E-state index contributed by atoms with van der Waals surface area (Å²) in [5.41, 5.74) is 6.32. The number of pyridine rings is 2. The van der Waals surface area contributed by atoms with Crippen LogP contribution in [0, 0.1) is 11.7 Å². The number of nitrogens with zero attached hydrogens (tertiary/aromatic N) is 4. The highest BCUT2D eigenvalue weighted by molar-refractivity contribution is 6.30. The summed E-state index contributed by atoms with van der Waals surface area (Å²) in [7, 11) is 0. The molecule has 178 valence electrons. The summed E-state index contributed by atoms with van der Waals surface area (Å²) in [5.74, 6) is -1.61. The van der Waals surface area contributed by atoms with Crippen LogP contribution in [-0.2, 0) is 0 Å². The molecule has 3 heterocycles. The highest BCUT2D eigenvalue weighted by Crippen LogP contribution is 2.36. The molecule has 2 atom stereocenters. The number of carbonyl (C=O) groups excluding carboxylic acids is 1. The van der Waals surface area contributed by atoms with Gasteiger partial charge >= 0.3 is 6.09 Å². The molecule has 1 saturated carbocycles. The topological polar surface area (TPSA) is 160 Å². The molecule has 1 fully saturated rings. The van der Waals surface area contributed by atoms with E-state index < -0.39 is 23.9 Å². The number of carboxylic acid groups (broad SMARTS) is 1. The van der Waals surface area contributed by atoms with Crippen molar-refractivity contribution >= 4 is 40.9 Å². The van der Waals surface area contributed by atoms with Gasteiger partial charge in [0.25, 0.3) is 5.91 Å². The lowest BCUT2D eigenvalue weighted by Crippen LogP contribution is -2.45. The van der Waals surface area contributed by atoms with Crippen molar-refractivity contribution in [3.05, 3.63) is 53.3 Å². The molecule has 3 aromatic heterocycles. The van der Waals surface area contributed by atoms with Crippen LogP contribution in [-0.4, -0.2) is 48.9 Å². The quantitative estimate of drug-likeness (QED) is 0.307. The van der Waals surface area contributed by atoms with Gasteiger partial charge in [-0.2, -0.15) is 5.10 Å². The van der Waals surface area contributed by atoms with E-state index in [-0.39, 0.29) is 29.2 Å². The van der Waals surface area contributed by atoms with Gasteiger partial charge in [0.1, 0.15) is 5.82 Å². The van der Waals surface area contributed by atoms with E-state index in [0.29, 0.717) is 16.4 Å². The second-order valence-electron chi connectivity index (χ2n) is 7.98. The fraction of sp³-hybridized carbons (Fsp3) is 0.286. The first-order valence-corrected chi connectivity index (χ1v) is 10.8. The number of hydrogen-bond acceptors (Lipinski definition) is 7. The maximum atomic E-state index is 14.9. The molecule has 4 rings (SSSR count). The molecule has 1 aliphatic rings. The highest BCUT2D eigenvalue weighted by atomic mass is 35.5. The molecule has 0 aliphatic heterocycles. The molecular weight excluding hydrogens is 467 g/mol. The van der Waals surface area contributed by atoms with Crippen molar-refractivity contribution in [1.29, 1.82) is 0 Å². The Labute approximate surface area is 198 Å². The minimum absolute atomic E-state index is 0.0160. The van der Waals surface area contributed by atoms with Gasteiger partial charge in [0.15, 0.2) is 11.6 Å². The van der Waals surface area contributed by atoms with Crippen LogP contribution >= 0.6 is 11.6 Å². The van der Waals surface area contributed by atoms with E-state index in [2.05, 4.69) is 31.0 Å². The third-order valence-corrected chi connectivity index (χ3v) is 5.56. The normalized spacial score (nSPS) is 14.8. The van der Waals surface area contributed by atoms with Crippen LogP contribution in [0.5, 0.6) is 0 Å². The number of nitrogens with one attached hydrogen (secondary N) is 3. The van der Waals surface area contributed by atoms with Crippen molar-refractivity contribution in [2.24, 2.45) is 11.7 Å². The van der Waals surface area contributed by atoms with E-state index in [1.54, 1.807) is 25.4 Å². The minimum atomic E-state index is -1.18. The lowest BCUT2D eigenvalue weighted by Gasteiger charge is -2.26. The minimum Gasteiger partial charge on any atom is -0.465 e. The Morgan fingerprint density at radius 2 is 2.03 bits per heavy atom. The zero-order valence-electron chi connectivity index (χ0n) is 18.0. The predicted molar refractivity (Wildman–Crippen MR) is 123 cm³/mol. The molecule has 13 heteroatoms. The molecule has 11 nitrogen and oxygen atoms in total. The highest BCUT2D eigenvalue weighted by Gasteiger charge is 2.36. The molecule has 0 bridgehead atoms. The standard InChI is InChI=1S/C21H22ClFN8O3/c1-10(27-21(33)34)17(11-2-3-11)29-20-16(23)5-15(18(24)32)19(30-20)28-13-4-14(8-25-7-13)31-9-12(22)6-26-31/h4-11,17,27H,2-3H2,1H3,(H2,24,32)(H,33,34)(H2,28,29,30)/t10-,17+/m0/s1. The molecule has 0 unspecified atom stereocenters. The van der Waals surface area contributed by atoms with Crippen molar-refractivity contribution in [2.45, 2.75) is 31.8 Å². The monoisotopic (exact) mass is 488 g/mol. The van der Waals surface area contributed by atoms with Crippen LogP contribution in [0.25, 0.3) is 5.69 Å². The third kappa shape index (κ3) is 5.34. The maximum absolute atomic E-state index is 14.9. The first-order chi connectivity index (χ1) is 16.2. The number of nitrogens with two attached hydrogens (primary N) is 1. The van der Waals surface area contributed by atoms with Gasteiger partial charge in [-0.25, -0.2) is 18.9 Å². The smallest absolute Gasteiger partial charge is 0.404 e. The summed E-state index contributed by atoms with van der Waals surface area (Å²) < 4.78 is 16.4. The molecule has 2 amide bonds. The van der Waals surface area contributed by atoms with E-state index in [9.17, 15) is 14.0 Å². The number of aromatic nitrogens is 4. The van der Waals surface area contributed by atoms with Gasteiger partial charge in [-0.3, -0.25) is 9.78 Å².